The molecule has 2 aromatic rings. The minimum absolute atomic E-state index is 0.0627. The Bertz CT molecular complexity index is 790. The zero-order chi connectivity index (χ0) is 17.8. The van der Waals surface area contributed by atoms with Crippen LogP contribution >= 0.6 is 11.3 Å². The van der Waals surface area contributed by atoms with Crippen molar-refractivity contribution in [1.82, 2.24) is 9.99 Å². The first kappa shape index (κ1) is 18.1. The molecule has 1 aliphatic rings. The first-order chi connectivity index (χ1) is 12.1. The summed E-state index contributed by atoms with van der Waals surface area (Å²) in [6.45, 7) is 5.18. The molecule has 0 saturated carbocycles. The Kier molecular flexibility index (Phi) is 5.88. The van der Waals surface area contributed by atoms with Gasteiger partial charge in [-0.1, -0.05) is 37.3 Å². The molecule has 3 rings (SSSR count). The summed E-state index contributed by atoms with van der Waals surface area (Å²) >= 11 is 1.54. The zero-order valence-corrected chi connectivity index (χ0v) is 15.7. The van der Waals surface area contributed by atoms with Crippen molar-refractivity contribution in [2.45, 2.75) is 38.9 Å². The van der Waals surface area contributed by atoms with E-state index >= 15 is 0 Å². The fraction of sp³-hybridized carbons (Fsp3) is 0.556. The van der Waals surface area contributed by atoms with Crippen LogP contribution in [0.2, 0.25) is 0 Å². The Morgan fingerprint density at radius 3 is 2.96 bits per heavy atom. The largest absolute Gasteiger partial charge is 0.376 e. The molecule has 2 atom stereocenters. The molecule has 1 N–H and O–H groups in total. The van der Waals surface area contributed by atoms with E-state index in [0.717, 1.165) is 34.5 Å². The molecule has 1 aromatic carbocycles. The van der Waals surface area contributed by atoms with Crippen molar-refractivity contribution >= 4 is 27.5 Å². The summed E-state index contributed by atoms with van der Waals surface area (Å²) in [5, 5.41) is 4.30. The van der Waals surface area contributed by atoms with E-state index in [1.54, 1.807) is 11.3 Å². The lowest BCUT2D eigenvalue weighted by molar-refractivity contribution is -0.138. The molecule has 136 valence electrons. The van der Waals surface area contributed by atoms with Crippen LogP contribution in [0, 0.1) is 5.92 Å². The van der Waals surface area contributed by atoms with Crippen LogP contribution in [0.4, 0.5) is 0 Å². The monoisotopic (exact) mass is 363 g/mol. The summed E-state index contributed by atoms with van der Waals surface area (Å²) in [5.41, 5.74) is 3.76. The number of amides is 1. The summed E-state index contributed by atoms with van der Waals surface area (Å²) < 4.78 is 14.5. The molecule has 2 unspecified atom stereocenters. The van der Waals surface area contributed by atoms with Crippen LogP contribution in [0.5, 0.6) is 0 Å². The smallest absolute Gasteiger partial charge is 0.269 e. The van der Waals surface area contributed by atoms with E-state index in [1.165, 1.54) is 0 Å². The van der Waals surface area contributed by atoms with Gasteiger partial charge in [-0.05, 0) is 30.9 Å². The number of para-hydroxylation sites is 1. The highest BCUT2D eigenvalue weighted by Crippen LogP contribution is 2.16. The second-order valence-corrected chi connectivity index (χ2v) is 7.64. The number of thiazole rings is 1. The van der Waals surface area contributed by atoms with Crippen LogP contribution in [-0.2, 0) is 21.3 Å². The van der Waals surface area contributed by atoms with Gasteiger partial charge in [0.2, 0.25) is 4.80 Å². The molecule has 1 aromatic heterocycles. The number of carbonyl (C=O) groups excluding carboxylic acids is 1. The fourth-order valence-electron chi connectivity index (χ4n) is 2.91. The molecule has 2 heterocycles. The highest BCUT2D eigenvalue weighted by atomic mass is 32.1. The molecule has 6 nitrogen and oxygen atoms in total. The van der Waals surface area contributed by atoms with Gasteiger partial charge in [-0.2, -0.15) is 0 Å². The quantitative estimate of drug-likeness (QED) is 0.802. The summed E-state index contributed by atoms with van der Waals surface area (Å²) in [7, 11) is 1.94. The van der Waals surface area contributed by atoms with Gasteiger partial charge in [0.05, 0.1) is 22.9 Å². The van der Waals surface area contributed by atoms with Crippen LogP contribution in [0.3, 0.4) is 0 Å². The summed E-state index contributed by atoms with van der Waals surface area (Å²) in [5.74, 6) is -0.154. The summed E-state index contributed by atoms with van der Waals surface area (Å²) in [6.07, 6.45) is 1.62. The van der Waals surface area contributed by atoms with Crippen LogP contribution in [0.25, 0.3) is 10.2 Å². The first-order valence-electron chi connectivity index (χ1n) is 8.67. The second kappa shape index (κ2) is 8.12. The molecule has 7 heteroatoms. The van der Waals surface area contributed by atoms with Gasteiger partial charge in [-0.3, -0.25) is 4.79 Å². The van der Waals surface area contributed by atoms with Crippen molar-refractivity contribution in [3.63, 3.8) is 0 Å². The van der Waals surface area contributed by atoms with Gasteiger partial charge in [-0.25, -0.2) is 5.43 Å². The molecule has 1 saturated heterocycles. The van der Waals surface area contributed by atoms with E-state index in [2.05, 4.69) is 10.5 Å². The van der Waals surface area contributed by atoms with E-state index in [-0.39, 0.29) is 17.9 Å². The number of fused-ring (bicyclic) bond motifs is 1. The predicted octanol–water partition coefficient (Wildman–Crippen LogP) is 2.39. The standard InChI is InChI=1S/C18H25N3O3S/c1-12(2)16(24-11-13-7-6-10-23-13)17(22)19-20-18-21(3)14-8-4-5-9-15(14)25-18/h4-5,8-9,12-13,16H,6-7,10-11H2,1-3H3,(H,19,22). The van der Waals surface area contributed by atoms with Crippen molar-refractivity contribution in [1.29, 1.82) is 0 Å². The van der Waals surface area contributed by atoms with Gasteiger partial charge in [0.1, 0.15) is 6.10 Å². The summed E-state index contributed by atoms with van der Waals surface area (Å²) in [6, 6.07) is 8.07. The number of hydrogen-bond donors (Lipinski definition) is 1. The van der Waals surface area contributed by atoms with Crippen LogP contribution < -0.4 is 10.2 Å². The van der Waals surface area contributed by atoms with Gasteiger partial charge in [0.15, 0.2) is 0 Å². The van der Waals surface area contributed by atoms with Crippen LogP contribution in [-0.4, -0.2) is 35.9 Å². The van der Waals surface area contributed by atoms with Gasteiger partial charge in [0.25, 0.3) is 5.91 Å². The fourth-order valence-corrected chi connectivity index (χ4v) is 3.89. The Morgan fingerprint density at radius 1 is 1.48 bits per heavy atom. The lowest BCUT2D eigenvalue weighted by Gasteiger charge is -2.21. The maximum absolute atomic E-state index is 12.5. The number of rotatable bonds is 6. The van der Waals surface area contributed by atoms with E-state index in [4.69, 9.17) is 9.47 Å². The topological polar surface area (TPSA) is 64.8 Å². The van der Waals surface area contributed by atoms with Gasteiger partial charge in [-0.15, -0.1) is 5.10 Å². The second-order valence-electron chi connectivity index (χ2n) is 6.63. The Balaban J connectivity index is 1.68. The number of hydrogen-bond acceptors (Lipinski definition) is 5. The number of nitrogens with one attached hydrogen (secondary N) is 1. The molecular formula is C18H25N3O3S. The minimum atomic E-state index is -0.535. The molecule has 1 fully saturated rings. The molecule has 25 heavy (non-hydrogen) atoms. The third-order valence-electron chi connectivity index (χ3n) is 4.33. The first-order valence-corrected chi connectivity index (χ1v) is 9.49. The highest BCUT2D eigenvalue weighted by molar-refractivity contribution is 7.16. The lowest BCUT2D eigenvalue weighted by atomic mass is 10.1. The van der Waals surface area contributed by atoms with E-state index in [0.29, 0.717) is 6.61 Å². The molecule has 0 aliphatic carbocycles. The predicted molar refractivity (Wildman–Crippen MR) is 98.1 cm³/mol. The van der Waals surface area contributed by atoms with E-state index < -0.39 is 6.10 Å². The van der Waals surface area contributed by atoms with Crippen molar-refractivity contribution in [2.75, 3.05) is 13.2 Å². The Hall–Kier alpha value is -1.70. The van der Waals surface area contributed by atoms with Crippen LogP contribution in [0.15, 0.2) is 29.4 Å². The SMILES string of the molecule is CC(C)C(OCC1CCCO1)C(=O)NN=c1sc2ccccc2n1C. The van der Waals surface area contributed by atoms with Crippen LogP contribution in [0.1, 0.15) is 26.7 Å². The number of nitrogens with zero attached hydrogens (tertiary/aromatic N) is 2. The molecule has 0 radical (unpaired) electrons. The third-order valence-corrected chi connectivity index (χ3v) is 5.44. The maximum atomic E-state index is 12.5. The van der Waals surface area contributed by atoms with Gasteiger partial charge >= 0.3 is 0 Å². The Morgan fingerprint density at radius 2 is 2.28 bits per heavy atom. The third kappa shape index (κ3) is 4.29. The normalized spacial score (nSPS) is 19.7. The Labute approximate surface area is 151 Å². The molecule has 1 amide bonds. The van der Waals surface area contributed by atoms with E-state index in [9.17, 15) is 4.79 Å². The van der Waals surface area contributed by atoms with Crippen molar-refractivity contribution in [3.05, 3.63) is 29.1 Å². The lowest BCUT2D eigenvalue weighted by Crippen LogP contribution is -2.40. The van der Waals surface area contributed by atoms with E-state index in [1.807, 2.05) is 49.7 Å². The van der Waals surface area contributed by atoms with Crippen molar-refractivity contribution < 1.29 is 14.3 Å². The zero-order valence-electron chi connectivity index (χ0n) is 14.9. The minimum Gasteiger partial charge on any atom is -0.376 e. The number of benzene rings is 1. The number of aromatic nitrogens is 1. The molecule has 0 spiro atoms. The van der Waals surface area contributed by atoms with Crippen molar-refractivity contribution in [2.24, 2.45) is 18.1 Å². The van der Waals surface area contributed by atoms with Gasteiger partial charge in [0, 0.05) is 13.7 Å². The molecule has 1 aliphatic heterocycles. The number of aryl methyl sites for hydroxylation is 1. The number of ether oxygens (including phenoxy) is 2. The van der Waals surface area contributed by atoms with Gasteiger partial charge < -0.3 is 14.0 Å². The number of carbonyl (C=O) groups is 1. The van der Waals surface area contributed by atoms with Crippen molar-refractivity contribution in [3.8, 4) is 0 Å². The molecule has 0 bridgehead atoms. The highest BCUT2D eigenvalue weighted by Gasteiger charge is 2.25. The average molecular weight is 363 g/mol. The molecular weight excluding hydrogens is 338 g/mol. The maximum Gasteiger partial charge on any atom is 0.269 e. The average Bonchev–Trinajstić information content (AvgIpc) is 3.21. The summed E-state index contributed by atoms with van der Waals surface area (Å²) in [4.78, 5) is 13.3.